The Kier molecular flexibility index (Phi) is 4.22. The Labute approximate surface area is 151 Å². The second-order valence-corrected chi connectivity index (χ2v) is 7.16. The van der Waals surface area contributed by atoms with Gasteiger partial charge in [0.1, 0.15) is 0 Å². The van der Waals surface area contributed by atoms with Gasteiger partial charge >= 0.3 is 0 Å². The van der Waals surface area contributed by atoms with Crippen LogP contribution in [0.25, 0.3) is 0 Å². The topological polar surface area (TPSA) is 49.4 Å². The molecule has 2 aromatic carbocycles. The summed E-state index contributed by atoms with van der Waals surface area (Å²) >= 11 is 5.85. The summed E-state index contributed by atoms with van der Waals surface area (Å²) < 4.78 is 0. The number of nitrogens with one attached hydrogen (secondary N) is 1. The minimum atomic E-state index is -0.222. The monoisotopic (exact) mass is 354 g/mol. The van der Waals surface area contributed by atoms with Crippen molar-refractivity contribution >= 4 is 29.1 Å². The number of halogens is 1. The zero-order valence-corrected chi connectivity index (χ0v) is 14.5. The lowest BCUT2D eigenvalue weighted by atomic mass is 9.99. The van der Waals surface area contributed by atoms with E-state index in [0.717, 1.165) is 13.0 Å². The average molecular weight is 355 g/mol. The van der Waals surface area contributed by atoms with Gasteiger partial charge in [-0.15, -0.1) is 0 Å². The molecule has 2 atom stereocenters. The van der Waals surface area contributed by atoms with Crippen molar-refractivity contribution < 1.29 is 9.59 Å². The van der Waals surface area contributed by atoms with Crippen LogP contribution in [0.2, 0.25) is 5.02 Å². The third-order valence-corrected chi connectivity index (χ3v) is 5.25. The minimum Gasteiger partial charge on any atom is -0.338 e. The van der Waals surface area contributed by atoms with E-state index in [9.17, 15) is 9.59 Å². The van der Waals surface area contributed by atoms with Crippen LogP contribution in [0.15, 0.2) is 48.5 Å². The molecular weight excluding hydrogens is 336 g/mol. The van der Waals surface area contributed by atoms with Gasteiger partial charge in [0, 0.05) is 23.8 Å². The first-order chi connectivity index (χ1) is 12.1. The van der Waals surface area contributed by atoms with Crippen LogP contribution in [0.1, 0.15) is 17.5 Å². The fraction of sp³-hybridized carbons (Fsp3) is 0.300. The molecule has 2 aromatic rings. The van der Waals surface area contributed by atoms with Gasteiger partial charge in [-0.2, -0.15) is 0 Å². The average Bonchev–Trinajstić information content (AvgIpc) is 3.43. The van der Waals surface area contributed by atoms with E-state index in [1.165, 1.54) is 11.1 Å². The van der Waals surface area contributed by atoms with Crippen LogP contribution in [-0.2, 0) is 22.6 Å². The third kappa shape index (κ3) is 3.40. The zero-order valence-electron chi connectivity index (χ0n) is 13.7. The van der Waals surface area contributed by atoms with Gasteiger partial charge in [0.05, 0.1) is 11.8 Å². The van der Waals surface area contributed by atoms with Crippen molar-refractivity contribution in [3.8, 4) is 0 Å². The molecule has 0 bridgehead atoms. The van der Waals surface area contributed by atoms with Gasteiger partial charge in [-0.3, -0.25) is 9.59 Å². The molecule has 0 aromatic heterocycles. The van der Waals surface area contributed by atoms with Crippen molar-refractivity contribution in [1.29, 1.82) is 0 Å². The first kappa shape index (κ1) is 16.2. The van der Waals surface area contributed by atoms with Crippen LogP contribution < -0.4 is 5.32 Å². The fourth-order valence-electron chi connectivity index (χ4n) is 3.44. The molecule has 2 unspecified atom stereocenters. The van der Waals surface area contributed by atoms with Gasteiger partial charge in [-0.1, -0.05) is 35.9 Å². The summed E-state index contributed by atoms with van der Waals surface area (Å²) in [5.74, 6) is -0.387. The highest BCUT2D eigenvalue weighted by atomic mass is 35.5. The van der Waals surface area contributed by atoms with Crippen molar-refractivity contribution in [2.75, 3.05) is 11.9 Å². The van der Waals surface area contributed by atoms with Crippen molar-refractivity contribution in [3.05, 3.63) is 64.7 Å². The second kappa shape index (κ2) is 6.52. The number of fused-ring (bicyclic) bond motifs is 1. The van der Waals surface area contributed by atoms with Crippen LogP contribution in [0, 0.1) is 11.8 Å². The summed E-state index contributed by atoms with van der Waals surface area (Å²) in [5.41, 5.74) is 3.24. The predicted molar refractivity (Wildman–Crippen MR) is 97.2 cm³/mol. The summed E-state index contributed by atoms with van der Waals surface area (Å²) in [6, 6.07) is 15.2. The van der Waals surface area contributed by atoms with E-state index in [-0.39, 0.29) is 23.7 Å². The number of carbonyl (C=O) groups is 2. The molecule has 4 rings (SSSR count). The van der Waals surface area contributed by atoms with E-state index in [1.807, 2.05) is 17.0 Å². The molecule has 0 radical (unpaired) electrons. The Bertz CT molecular complexity index is 819. The number of anilines is 1. The highest BCUT2D eigenvalue weighted by Crippen LogP contribution is 2.41. The highest BCUT2D eigenvalue weighted by Gasteiger charge is 2.49. The van der Waals surface area contributed by atoms with Crippen LogP contribution in [-0.4, -0.2) is 23.3 Å². The number of nitrogens with zero attached hydrogens (tertiary/aromatic N) is 1. The number of benzene rings is 2. The lowest BCUT2D eigenvalue weighted by molar-refractivity contribution is -0.135. The first-order valence-corrected chi connectivity index (χ1v) is 8.91. The number of hydrogen-bond donors (Lipinski definition) is 1. The first-order valence-electron chi connectivity index (χ1n) is 8.54. The largest absolute Gasteiger partial charge is 0.338 e. The van der Waals surface area contributed by atoms with E-state index in [2.05, 4.69) is 17.4 Å². The van der Waals surface area contributed by atoms with Crippen molar-refractivity contribution in [2.24, 2.45) is 11.8 Å². The zero-order chi connectivity index (χ0) is 17.4. The van der Waals surface area contributed by atoms with Crippen LogP contribution >= 0.6 is 11.6 Å². The Balaban J connectivity index is 1.35. The van der Waals surface area contributed by atoms with E-state index in [1.54, 1.807) is 24.3 Å². The maximum Gasteiger partial charge on any atom is 0.228 e. The number of carbonyl (C=O) groups excluding carboxylic acids is 2. The van der Waals surface area contributed by atoms with E-state index >= 15 is 0 Å². The molecule has 1 heterocycles. The van der Waals surface area contributed by atoms with Crippen molar-refractivity contribution in [2.45, 2.75) is 19.4 Å². The number of hydrogen-bond acceptors (Lipinski definition) is 2. The van der Waals surface area contributed by atoms with Gasteiger partial charge in [0.25, 0.3) is 0 Å². The molecule has 1 saturated carbocycles. The standard InChI is InChI=1S/C20H19ClN2O2/c21-15-5-7-16(8-6-15)22-19(24)17-11-18(17)20(25)23-10-9-13-3-1-2-4-14(13)12-23/h1-8,17-18H,9-12H2,(H,22,24). The Morgan fingerprint density at radius 3 is 2.48 bits per heavy atom. The molecule has 25 heavy (non-hydrogen) atoms. The van der Waals surface area contributed by atoms with Gasteiger partial charge < -0.3 is 10.2 Å². The molecule has 128 valence electrons. The Morgan fingerprint density at radius 2 is 1.72 bits per heavy atom. The van der Waals surface area contributed by atoms with Gasteiger partial charge in [-0.05, 0) is 48.2 Å². The van der Waals surface area contributed by atoms with Crippen molar-refractivity contribution in [3.63, 3.8) is 0 Å². The predicted octanol–water partition coefficient (Wildman–Crippen LogP) is 3.50. The molecule has 0 spiro atoms. The maximum absolute atomic E-state index is 12.7. The molecule has 1 fully saturated rings. The quantitative estimate of drug-likeness (QED) is 0.917. The lowest BCUT2D eigenvalue weighted by Crippen LogP contribution is -2.37. The molecule has 1 aliphatic carbocycles. The molecule has 1 aliphatic heterocycles. The molecule has 2 amide bonds. The lowest BCUT2D eigenvalue weighted by Gasteiger charge is -2.29. The van der Waals surface area contributed by atoms with Crippen LogP contribution in [0.4, 0.5) is 5.69 Å². The molecule has 4 nitrogen and oxygen atoms in total. The summed E-state index contributed by atoms with van der Waals surface area (Å²) in [7, 11) is 0. The van der Waals surface area contributed by atoms with E-state index in [0.29, 0.717) is 23.7 Å². The summed E-state index contributed by atoms with van der Waals surface area (Å²) in [4.78, 5) is 26.9. The Hall–Kier alpha value is -2.33. The number of amides is 2. The molecule has 5 heteroatoms. The maximum atomic E-state index is 12.7. The van der Waals surface area contributed by atoms with Gasteiger partial charge in [0.2, 0.25) is 11.8 Å². The van der Waals surface area contributed by atoms with Crippen LogP contribution in [0.3, 0.4) is 0 Å². The normalized spacial score (nSPS) is 21.4. The highest BCUT2D eigenvalue weighted by molar-refractivity contribution is 6.30. The Morgan fingerprint density at radius 1 is 1.00 bits per heavy atom. The smallest absolute Gasteiger partial charge is 0.228 e. The molecule has 0 saturated heterocycles. The van der Waals surface area contributed by atoms with Crippen LogP contribution in [0.5, 0.6) is 0 Å². The third-order valence-electron chi connectivity index (χ3n) is 5.00. The molecular formula is C20H19ClN2O2. The minimum absolute atomic E-state index is 0.0851. The number of rotatable bonds is 3. The molecule has 1 N–H and O–H groups in total. The summed E-state index contributed by atoms with van der Waals surface area (Å²) in [5, 5.41) is 3.49. The van der Waals surface area contributed by atoms with E-state index < -0.39 is 0 Å². The van der Waals surface area contributed by atoms with Crippen molar-refractivity contribution in [1.82, 2.24) is 4.90 Å². The van der Waals surface area contributed by atoms with E-state index in [4.69, 9.17) is 11.6 Å². The fourth-order valence-corrected chi connectivity index (χ4v) is 3.57. The van der Waals surface area contributed by atoms with Gasteiger partial charge in [-0.25, -0.2) is 0 Å². The molecule has 2 aliphatic rings. The SMILES string of the molecule is O=C(Nc1ccc(Cl)cc1)C1CC1C(=O)N1CCc2ccccc2C1. The summed E-state index contributed by atoms with van der Waals surface area (Å²) in [6.07, 6.45) is 1.52. The summed E-state index contributed by atoms with van der Waals surface area (Å²) in [6.45, 7) is 1.38. The van der Waals surface area contributed by atoms with Gasteiger partial charge in [0.15, 0.2) is 0 Å². The second-order valence-electron chi connectivity index (χ2n) is 6.72.